The molecule has 1 aliphatic carbocycles. The molecule has 3 heteroatoms. The van der Waals surface area contributed by atoms with Crippen LogP contribution in [0, 0.1) is 25.7 Å². The number of pyridine rings is 2. The van der Waals surface area contributed by atoms with E-state index >= 15 is 0 Å². The number of nitrogens with two attached hydrogens (primary N) is 1. The molecule has 0 bridgehead atoms. The summed E-state index contributed by atoms with van der Waals surface area (Å²) < 4.78 is 0. The van der Waals surface area contributed by atoms with Gasteiger partial charge in [-0.1, -0.05) is 49.0 Å². The predicted octanol–water partition coefficient (Wildman–Crippen LogP) is 5.56. The van der Waals surface area contributed by atoms with E-state index in [1.807, 2.05) is 19.9 Å². The van der Waals surface area contributed by atoms with Gasteiger partial charge in [0.15, 0.2) is 0 Å². The van der Waals surface area contributed by atoms with Gasteiger partial charge in [0.25, 0.3) is 0 Å². The van der Waals surface area contributed by atoms with Crippen LogP contribution in [0.5, 0.6) is 0 Å². The van der Waals surface area contributed by atoms with Gasteiger partial charge in [0.2, 0.25) is 0 Å². The summed E-state index contributed by atoms with van der Waals surface area (Å²) in [6, 6.07) is 7.99. The van der Waals surface area contributed by atoms with Crippen LogP contribution in [-0.4, -0.2) is 9.97 Å². The first kappa shape index (κ1) is 19.6. The Labute approximate surface area is 168 Å². The Balaban J connectivity index is 2.15. The maximum Gasteiger partial charge on any atom is 0.123 e. The third-order valence-corrected chi connectivity index (χ3v) is 4.94. The maximum atomic E-state index is 5.70. The average Bonchev–Trinajstić information content (AvgIpc) is 2.85. The zero-order valence-electron chi connectivity index (χ0n) is 17.1. The molecule has 0 amide bonds. The fourth-order valence-corrected chi connectivity index (χ4v) is 3.44. The molecule has 0 fully saturated rings. The summed E-state index contributed by atoms with van der Waals surface area (Å²) in [4.78, 5) is 8.69. The van der Waals surface area contributed by atoms with Crippen LogP contribution in [0.2, 0.25) is 0 Å². The predicted molar refractivity (Wildman–Crippen MR) is 118 cm³/mol. The summed E-state index contributed by atoms with van der Waals surface area (Å²) in [7, 11) is 0. The van der Waals surface area contributed by atoms with Gasteiger partial charge in [-0.15, -0.1) is 0 Å². The Bertz CT molecular complexity index is 1010. The molecule has 0 saturated heterocycles. The van der Waals surface area contributed by atoms with Crippen molar-refractivity contribution < 1.29 is 0 Å². The molecule has 3 nitrogen and oxygen atoms in total. The monoisotopic (exact) mass is 369 g/mol. The molecule has 0 atom stereocenters. The second-order valence-corrected chi connectivity index (χ2v) is 7.13. The van der Waals surface area contributed by atoms with Crippen molar-refractivity contribution in [3.63, 3.8) is 0 Å². The van der Waals surface area contributed by atoms with Crippen molar-refractivity contribution in [3.05, 3.63) is 81.8 Å². The van der Waals surface area contributed by atoms with Gasteiger partial charge < -0.3 is 5.73 Å². The molecule has 2 aromatic heterocycles. The lowest BCUT2D eigenvalue weighted by Gasteiger charge is -2.13. The highest BCUT2D eigenvalue weighted by Crippen LogP contribution is 2.34. The molecule has 0 unspecified atom stereocenters. The SMILES string of the molecule is CCC1=CC=C(c2cc(C)nc(C)c2)C(C#Cc2ccc(N)nc2)=C(CC)C1. The van der Waals surface area contributed by atoms with Gasteiger partial charge in [0.1, 0.15) is 5.82 Å². The average molecular weight is 370 g/mol. The fourth-order valence-electron chi connectivity index (χ4n) is 3.44. The maximum absolute atomic E-state index is 5.70. The first-order chi connectivity index (χ1) is 13.5. The molecule has 2 aromatic rings. The number of allylic oxidation sites excluding steroid dienone is 6. The van der Waals surface area contributed by atoms with E-state index in [-0.39, 0.29) is 0 Å². The van der Waals surface area contributed by atoms with E-state index in [1.165, 1.54) is 22.3 Å². The number of hydrogen-bond donors (Lipinski definition) is 1. The lowest BCUT2D eigenvalue weighted by molar-refractivity contribution is 0.933. The standard InChI is InChI=1S/C25H27N3/c1-5-19-7-10-24(22-13-17(3)28-18(4)14-22)23(21(6-2)15-19)11-8-20-9-12-25(26)27-16-20/h7,9-10,12-14,16H,5-6,15H2,1-4H3,(H2,26,27). The molecule has 28 heavy (non-hydrogen) atoms. The minimum atomic E-state index is 0.508. The van der Waals surface area contributed by atoms with Gasteiger partial charge in [-0.25, -0.2) is 4.98 Å². The van der Waals surface area contributed by atoms with Crippen molar-refractivity contribution >= 4 is 11.4 Å². The quantitative estimate of drug-likeness (QED) is 0.721. The van der Waals surface area contributed by atoms with Gasteiger partial charge in [-0.2, -0.15) is 0 Å². The highest BCUT2D eigenvalue weighted by molar-refractivity contribution is 5.86. The van der Waals surface area contributed by atoms with Crippen LogP contribution >= 0.6 is 0 Å². The Morgan fingerprint density at radius 3 is 2.36 bits per heavy atom. The molecule has 142 valence electrons. The van der Waals surface area contributed by atoms with Crippen LogP contribution in [0.15, 0.2) is 59.3 Å². The van der Waals surface area contributed by atoms with Crippen molar-refractivity contribution in [1.82, 2.24) is 9.97 Å². The number of anilines is 1. The molecule has 1 aliphatic rings. The van der Waals surface area contributed by atoms with Gasteiger partial charge in [0.05, 0.1) is 0 Å². The first-order valence-electron chi connectivity index (χ1n) is 9.81. The molecule has 0 radical (unpaired) electrons. The second-order valence-electron chi connectivity index (χ2n) is 7.13. The van der Waals surface area contributed by atoms with Crippen LogP contribution in [-0.2, 0) is 0 Å². The van der Waals surface area contributed by atoms with E-state index in [9.17, 15) is 0 Å². The topological polar surface area (TPSA) is 51.8 Å². The lowest BCUT2D eigenvalue weighted by atomic mass is 9.91. The van der Waals surface area contributed by atoms with E-state index in [2.05, 4.69) is 59.9 Å². The van der Waals surface area contributed by atoms with Crippen LogP contribution in [0.1, 0.15) is 55.6 Å². The van der Waals surface area contributed by atoms with E-state index in [1.54, 1.807) is 12.3 Å². The van der Waals surface area contributed by atoms with Crippen LogP contribution in [0.3, 0.4) is 0 Å². The van der Waals surface area contributed by atoms with Crippen molar-refractivity contribution in [3.8, 4) is 11.8 Å². The summed E-state index contributed by atoms with van der Waals surface area (Å²) in [5, 5.41) is 0. The molecule has 0 spiro atoms. The molecule has 0 saturated carbocycles. The molecule has 2 N–H and O–H groups in total. The van der Waals surface area contributed by atoms with Crippen molar-refractivity contribution in [2.45, 2.75) is 47.0 Å². The van der Waals surface area contributed by atoms with Crippen molar-refractivity contribution in [1.29, 1.82) is 0 Å². The van der Waals surface area contributed by atoms with Gasteiger partial charge in [-0.3, -0.25) is 4.98 Å². The Hall–Kier alpha value is -3.12. The minimum Gasteiger partial charge on any atom is -0.384 e. The molecule has 0 aromatic carbocycles. The zero-order valence-corrected chi connectivity index (χ0v) is 17.1. The molecular weight excluding hydrogens is 342 g/mol. The summed E-state index contributed by atoms with van der Waals surface area (Å²) in [6.45, 7) is 8.50. The molecule has 3 rings (SSSR count). The minimum absolute atomic E-state index is 0.508. The van der Waals surface area contributed by atoms with Crippen molar-refractivity contribution in [2.75, 3.05) is 5.73 Å². The summed E-state index contributed by atoms with van der Waals surface area (Å²) >= 11 is 0. The zero-order chi connectivity index (χ0) is 20.1. The van der Waals surface area contributed by atoms with Gasteiger partial charge >= 0.3 is 0 Å². The summed E-state index contributed by atoms with van der Waals surface area (Å²) in [5.74, 6) is 7.26. The molecule has 2 heterocycles. The smallest absolute Gasteiger partial charge is 0.123 e. The van der Waals surface area contributed by atoms with E-state index in [0.717, 1.165) is 41.8 Å². The van der Waals surface area contributed by atoms with E-state index in [4.69, 9.17) is 5.73 Å². The Morgan fingerprint density at radius 2 is 1.75 bits per heavy atom. The largest absolute Gasteiger partial charge is 0.384 e. The third-order valence-electron chi connectivity index (χ3n) is 4.94. The van der Waals surface area contributed by atoms with Crippen LogP contribution < -0.4 is 5.73 Å². The highest BCUT2D eigenvalue weighted by atomic mass is 14.8. The number of aryl methyl sites for hydroxylation is 2. The number of nitrogen functional groups attached to an aromatic ring is 1. The number of rotatable bonds is 3. The number of nitrogens with zero attached hydrogens (tertiary/aromatic N) is 2. The molecular formula is C25H27N3. The fraction of sp³-hybridized carbons (Fsp3) is 0.280. The van der Waals surface area contributed by atoms with E-state index < -0.39 is 0 Å². The normalized spacial score (nSPS) is 14.0. The van der Waals surface area contributed by atoms with E-state index in [0.29, 0.717) is 5.82 Å². The van der Waals surface area contributed by atoms with Gasteiger partial charge in [0, 0.05) is 28.7 Å². The third kappa shape index (κ3) is 4.58. The summed E-state index contributed by atoms with van der Waals surface area (Å²) in [6.07, 6.45) is 9.20. The van der Waals surface area contributed by atoms with Crippen molar-refractivity contribution in [2.24, 2.45) is 0 Å². The van der Waals surface area contributed by atoms with Gasteiger partial charge in [-0.05, 0) is 68.5 Å². The molecule has 0 aliphatic heterocycles. The lowest BCUT2D eigenvalue weighted by Crippen LogP contribution is -1.97. The highest BCUT2D eigenvalue weighted by Gasteiger charge is 2.16. The number of aromatic nitrogens is 2. The van der Waals surface area contributed by atoms with Crippen LogP contribution in [0.4, 0.5) is 5.82 Å². The van der Waals surface area contributed by atoms with Crippen LogP contribution in [0.25, 0.3) is 5.57 Å². The summed E-state index contributed by atoms with van der Waals surface area (Å²) in [5.41, 5.74) is 14.9. The Kier molecular flexibility index (Phi) is 6.11. The first-order valence-corrected chi connectivity index (χ1v) is 9.81. The number of hydrogen-bond acceptors (Lipinski definition) is 3. The Morgan fingerprint density at radius 1 is 1.00 bits per heavy atom. The second kappa shape index (κ2) is 8.71.